The second-order valence-electron chi connectivity index (χ2n) is 5.49. The Labute approximate surface area is 112 Å². The van der Waals surface area contributed by atoms with E-state index >= 15 is 0 Å². The first-order valence-corrected chi connectivity index (χ1v) is 7.38. The van der Waals surface area contributed by atoms with Crippen LogP contribution in [-0.4, -0.2) is 71.0 Å². The van der Waals surface area contributed by atoms with Gasteiger partial charge in [-0.1, -0.05) is 20.8 Å². The maximum atomic E-state index is 10.4. The van der Waals surface area contributed by atoms with Gasteiger partial charge in [0.1, 0.15) is 0 Å². The lowest BCUT2D eigenvalue weighted by molar-refractivity contribution is -0.0225. The molecule has 1 atom stereocenters. The first kappa shape index (κ1) is 15.9. The number of hydrogen-bond donors (Lipinski definition) is 2. The van der Waals surface area contributed by atoms with Gasteiger partial charge >= 0.3 is 0 Å². The van der Waals surface area contributed by atoms with Crippen molar-refractivity contribution in [2.45, 2.75) is 51.7 Å². The van der Waals surface area contributed by atoms with E-state index in [0.29, 0.717) is 6.04 Å². The summed E-state index contributed by atoms with van der Waals surface area (Å²) in [4.78, 5) is 4.72. The van der Waals surface area contributed by atoms with E-state index in [0.717, 1.165) is 52.0 Å². The maximum absolute atomic E-state index is 10.4. The highest BCUT2D eigenvalue weighted by molar-refractivity contribution is 4.84. The molecular formula is C14H30N2O2. The van der Waals surface area contributed by atoms with Crippen LogP contribution in [0.4, 0.5) is 0 Å². The SMILES string of the molecule is CCC(CO)N1CCN(CC(O)(CC)CC)CC1. The lowest BCUT2D eigenvalue weighted by atomic mass is 9.96. The van der Waals surface area contributed by atoms with E-state index in [1.54, 1.807) is 0 Å². The Bertz CT molecular complexity index is 220. The highest BCUT2D eigenvalue weighted by Gasteiger charge is 2.28. The van der Waals surface area contributed by atoms with Crippen molar-refractivity contribution in [2.24, 2.45) is 0 Å². The van der Waals surface area contributed by atoms with E-state index in [1.165, 1.54) is 0 Å². The molecule has 1 fully saturated rings. The zero-order chi connectivity index (χ0) is 13.6. The molecule has 0 radical (unpaired) electrons. The molecule has 18 heavy (non-hydrogen) atoms. The van der Waals surface area contributed by atoms with E-state index < -0.39 is 5.60 Å². The summed E-state index contributed by atoms with van der Waals surface area (Å²) in [5.74, 6) is 0. The zero-order valence-corrected chi connectivity index (χ0v) is 12.2. The number of nitrogens with zero attached hydrogens (tertiary/aromatic N) is 2. The van der Waals surface area contributed by atoms with Gasteiger partial charge in [-0.25, -0.2) is 0 Å². The van der Waals surface area contributed by atoms with Crippen molar-refractivity contribution in [3.8, 4) is 0 Å². The first-order chi connectivity index (χ1) is 8.58. The Hall–Kier alpha value is -0.160. The number of aliphatic hydroxyl groups is 2. The van der Waals surface area contributed by atoms with Crippen LogP contribution >= 0.6 is 0 Å². The van der Waals surface area contributed by atoms with Gasteiger partial charge in [-0.2, -0.15) is 0 Å². The molecule has 0 aromatic heterocycles. The van der Waals surface area contributed by atoms with Crippen LogP contribution in [0, 0.1) is 0 Å². The van der Waals surface area contributed by atoms with E-state index in [4.69, 9.17) is 0 Å². The predicted molar refractivity (Wildman–Crippen MR) is 74.7 cm³/mol. The molecule has 2 N–H and O–H groups in total. The number of β-amino-alcohol motifs (C(OH)–C–C–N with tert-alkyl or cyclic N) is 1. The number of aliphatic hydroxyl groups excluding tert-OH is 1. The smallest absolute Gasteiger partial charge is 0.0768 e. The van der Waals surface area contributed by atoms with Crippen molar-refractivity contribution in [3.63, 3.8) is 0 Å². The van der Waals surface area contributed by atoms with E-state index in [1.807, 2.05) is 0 Å². The molecule has 1 aliphatic heterocycles. The van der Waals surface area contributed by atoms with Crippen LogP contribution in [-0.2, 0) is 0 Å². The zero-order valence-electron chi connectivity index (χ0n) is 12.2. The number of rotatable bonds is 7. The van der Waals surface area contributed by atoms with E-state index in [2.05, 4.69) is 30.6 Å². The van der Waals surface area contributed by atoms with Gasteiger partial charge in [0.25, 0.3) is 0 Å². The highest BCUT2D eigenvalue weighted by atomic mass is 16.3. The predicted octanol–water partition coefficient (Wildman–Crippen LogP) is 0.926. The summed E-state index contributed by atoms with van der Waals surface area (Å²) in [7, 11) is 0. The van der Waals surface area contributed by atoms with Crippen molar-refractivity contribution in [1.29, 1.82) is 0 Å². The lowest BCUT2D eigenvalue weighted by Gasteiger charge is -2.41. The van der Waals surface area contributed by atoms with Crippen LogP contribution in [0.2, 0.25) is 0 Å². The molecule has 1 aliphatic rings. The molecule has 4 heteroatoms. The fraction of sp³-hybridized carbons (Fsp3) is 1.00. The monoisotopic (exact) mass is 258 g/mol. The molecule has 108 valence electrons. The average Bonchev–Trinajstić information content (AvgIpc) is 2.42. The third-order valence-electron chi connectivity index (χ3n) is 4.44. The Morgan fingerprint density at radius 3 is 2.00 bits per heavy atom. The molecule has 1 heterocycles. The molecule has 0 bridgehead atoms. The summed E-state index contributed by atoms with van der Waals surface area (Å²) in [6.07, 6.45) is 2.64. The van der Waals surface area contributed by atoms with Crippen molar-refractivity contribution in [2.75, 3.05) is 39.3 Å². The minimum absolute atomic E-state index is 0.254. The molecule has 1 unspecified atom stereocenters. The minimum atomic E-state index is -0.524. The topological polar surface area (TPSA) is 46.9 Å². The third kappa shape index (κ3) is 4.19. The molecule has 1 rings (SSSR count). The minimum Gasteiger partial charge on any atom is -0.395 e. The van der Waals surface area contributed by atoms with Crippen LogP contribution in [0.5, 0.6) is 0 Å². The number of piperazine rings is 1. The molecular weight excluding hydrogens is 228 g/mol. The molecule has 0 aromatic carbocycles. The van der Waals surface area contributed by atoms with Crippen LogP contribution in [0.1, 0.15) is 40.0 Å². The summed E-state index contributed by atoms with van der Waals surface area (Å²) in [5, 5.41) is 19.7. The normalized spacial score (nSPS) is 21.2. The van der Waals surface area contributed by atoms with Gasteiger partial charge in [0.15, 0.2) is 0 Å². The molecule has 0 amide bonds. The maximum Gasteiger partial charge on any atom is 0.0768 e. The Morgan fingerprint density at radius 1 is 1.06 bits per heavy atom. The van der Waals surface area contributed by atoms with Gasteiger partial charge < -0.3 is 10.2 Å². The third-order valence-corrected chi connectivity index (χ3v) is 4.44. The molecule has 0 spiro atoms. The fourth-order valence-electron chi connectivity index (χ4n) is 2.68. The summed E-state index contributed by atoms with van der Waals surface area (Å²) >= 11 is 0. The number of hydrogen-bond acceptors (Lipinski definition) is 4. The van der Waals surface area contributed by atoms with Crippen LogP contribution in [0.15, 0.2) is 0 Å². The summed E-state index contributed by atoms with van der Waals surface area (Å²) in [6.45, 7) is 11.3. The van der Waals surface area contributed by atoms with Gasteiger partial charge in [0.05, 0.1) is 12.2 Å². The molecule has 0 aliphatic carbocycles. The fourth-order valence-corrected chi connectivity index (χ4v) is 2.68. The molecule has 0 saturated carbocycles. The standard InChI is InChI=1S/C14H30N2O2/c1-4-13(11-17)16-9-7-15(8-10-16)12-14(18,5-2)6-3/h13,17-18H,4-12H2,1-3H3. The van der Waals surface area contributed by atoms with Crippen molar-refractivity contribution < 1.29 is 10.2 Å². The van der Waals surface area contributed by atoms with Crippen LogP contribution in [0.25, 0.3) is 0 Å². The highest BCUT2D eigenvalue weighted by Crippen LogP contribution is 2.18. The summed E-state index contributed by atoms with van der Waals surface area (Å²) in [5.41, 5.74) is -0.524. The molecule has 4 nitrogen and oxygen atoms in total. The molecule has 0 aromatic rings. The second-order valence-corrected chi connectivity index (χ2v) is 5.49. The second kappa shape index (κ2) is 7.43. The van der Waals surface area contributed by atoms with E-state index in [-0.39, 0.29) is 6.61 Å². The van der Waals surface area contributed by atoms with E-state index in [9.17, 15) is 10.2 Å². The van der Waals surface area contributed by atoms with Crippen molar-refractivity contribution in [1.82, 2.24) is 9.80 Å². The van der Waals surface area contributed by atoms with Gasteiger partial charge in [0.2, 0.25) is 0 Å². The van der Waals surface area contributed by atoms with Gasteiger partial charge in [-0.15, -0.1) is 0 Å². The Morgan fingerprint density at radius 2 is 1.61 bits per heavy atom. The Balaban J connectivity index is 2.39. The lowest BCUT2D eigenvalue weighted by Crippen LogP contribution is -2.54. The van der Waals surface area contributed by atoms with Gasteiger partial charge in [0, 0.05) is 38.8 Å². The summed E-state index contributed by atoms with van der Waals surface area (Å²) in [6, 6.07) is 0.309. The van der Waals surface area contributed by atoms with Crippen LogP contribution in [0.3, 0.4) is 0 Å². The van der Waals surface area contributed by atoms with Crippen molar-refractivity contribution >= 4 is 0 Å². The van der Waals surface area contributed by atoms with Gasteiger partial charge in [-0.3, -0.25) is 9.80 Å². The van der Waals surface area contributed by atoms with Crippen LogP contribution < -0.4 is 0 Å². The van der Waals surface area contributed by atoms with Gasteiger partial charge in [-0.05, 0) is 19.3 Å². The largest absolute Gasteiger partial charge is 0.395 e. The first-order valence-electron chi connectivity index (χ1n) is 7.38. The quantitative estimate of drug-likeness (QED) is 0.713. The van der Waals surface area contributed by atoms with Crippen molar-refractivity contribution in [3.05, 3.63) is 0 Å². The molecule has 1 saturated heterocycles. The Kier molecular flexibility index (Phi) is 6.57. The summed E-state index contributed by atoms with van der Waals surface area (Å²) < 4.78 is 0. The average molecular weight is 258 g/mol.